The van der Waals surface area contributed by atoms with Crippen LogP contribution in [0.25, 0.3) is 0 Å². The molecule has 2 nitrogen and oxygen atoms in total. The molecule has 0 aromatic heterocycles. The van der Waals surface area contributed by atoms with E-state index in [4.69, 9.17) is 0 Å². The zero-order valence-electron chi connectivity index (χ0n) is 8.74. The minimum Gasteiger partial charge on any atom is -0.342 e. The topological polar surface area (TPSA) is 20.3 Å². The number of hydrogen-bond donors (Lipinski definition) is 0. The van der Waals surface area contributed by atoms with Gasteiger partial charge in [-0.2, -0.15) is 0 Å². The molecule has 1 aromatic carbocycles. The predicted molar refractivity (Wildman–Crippen MR) is 56.0 cm³/mol. The molecule has 1 atom stereocenters. The van der Waals surface area contributed by atoms with Crippen molar-refractivity contribution in [3.63, 3.8) is 0 Å². The molecule has 0 spiro atoms. The molecule has 1 heterocycles. The Morgan fingerprint density at radius 3 is 2.93 bits per heavy atom. The van der Waals surface area contributed by atoms with Gasteiger partial charge in [0, 0.05) is 25.9 Å². The van der Waals surface area contributed by atoms with E-state index in [9.17, 15) is 9.18 Å². The molecule has 0 saturated carbocycles. The third-order valence-corrected chi connectivity index (χ3v) is 2.95. The lowest BCUT2D eigenvalue weighted by atomic mass is 9.98. The second-order valence-electron chi connectivity index (χ2n) is 4.01. The maximum absolute atomic E-state index is 13.0. The molecular weight excluding hydrogens is 193 g/mol. The minimum atomic E-state index is -0.200. The van der Waals surface area contributed by atoms with Gasteiger partial charge in [0.05, 0.1) is 0 Å². The highest BCUT2D eigenvalue weighted by Crippen LogP contribution is 2.27. The van der Waals surface area contributed by atoms with Gasteiger partial charge >= 0.3 is 0 Å². The third kappa shape index (κ3) is 2.17. The summed E-state index contributed by atoms with van der Waals surface area (Å²) in [6.45, 7) is 3.09. The summed E-state index contributed by atoms with van der Waals surface area (Å²) >= 11 is 0. The van der Waals surface area contributed by atoms with E-state index in [-0.39, 0.29) is 11.7 Å². The van der Waals surface area contributed by atoms with Gasteiger partial charge in [-0.1, -0.05) is 12.1 Å². The van der Waals surface area contributed by atoms with E-state index < -0.39 is 0 Å². The van der Waals surface area contributed by atoms with E-state index in [1.165, 1.54) is 6.07 Å². The first kappa shape index (κ1) is 10.1. The highest BCUT2D eigenvalue weighted by atomic mass is 19.1. The smallest absolute Gasteiger partial charge is 0.219 e. The summed E-state index contributed by atoms with van der Waals surface area (Å²) in [5.74, 6) is 0.201. The van der Waals surface area contributed by atoms with Crippen LogP contribution in [0, 0.1) is 5.82 Å². The van der Waals surface area contributed by atoms with Crippen LogP contribution in [-0.4, -0.2) is 23.9 Å². The van der Waals surface area contributed by atoms with E-state index >= 15 is 0 Å². The van der Waals surface area contributed by atoms with E-state index in [2.05, 4.69) is 0 Å². The molecule has 80 valence electrons. The number of halogens is 1. The van der Waals surface area contributed by atoms with Crippen molar-refractivity contribution in [1.29, 1.82) is 0 Å². The number of carbonyl (C=O) groups is 1. The molecule has 2 rings (SSSR count). The van der Waals surface area contributed by atoms with Crippen molar-refractivity contribution in [2.45, 2.75) is 19.3 Å². The standard InChI is InChI=1S/C12H14FNO/c1-9(15)14-6-5-11(8-14)10-3-2-4-12(13)7-10/h2-4,7,11H,5-6,8H2,1H3/t11-/m0/s1. The summed E-state index contributed by atoms with van der Waals surface area (Å²) in [4.78, 5) is 13.0. The lowest BCUT2D eigenvalue weighted by molar-refractivity contribution is -0.127. The molecule has 0 radical (unpaired) electrons. The number of likely N-dealkylation sites (tertiary alicyclic amines) is 1. The molecule has 1 amide bonds. The van der Waals surface area contributed by atoms with Gasteiger partial charge in [-0.15, -0.1) is 0 Å². The molecule has 3 heteroatoms. The fourth-order valence-corrected chi connectivity index (χ4v) is 2.08. The van der Waals surface area contributed by atoms with Crippen LogP contribution < -0.4 is 0 Å². The van der Waals surface area contributed by atoms with Crippen molar-refractivity contribution < 1.29 is 9.18 Å². The molecule has 0 aliphatic carbocycles. The van der Waals surface area contributed by atoms with Crippen molar-refractivity contribution >= 4 is 5.91 Å². The van der Waals surface area contributed by atoms with Crippen LogP contribution in [0.1, 0.15) is 24.8 Å². The lowest BCUT2D eigenvalue weighted by Crippen LogP contribution is -2.25. The van der Waals surface area contributed by atoms with Crippen molar-refractivity contribution in [2.24, 2.45) is 0 Å². The number of carbonyl (C=O) groups excluding carboxylic acids is 1. The third-order valence-electron chi connectivity index (χ3n) is 2.95. The van der Waals surface area contributed by atoms with E-state index in [1.807, 2.05) is 11.0 Å². The van der Waals surface area contributed by atoms with Gasteiger partial charge in [-0.25, -0.2) is 4.39 Å². The first-order valence-corrected chi connectivity index (χ1v) is 5.18. The second-order valence-corrected chi connectivity index (χ2v) is 4.01. The van der Waals surface area contributed by atoms with Crippen LogP contribution in [0.3, 0.4) is 0 Å². The Morgan fingerprint density at radius 1 is 1.53 bits per heavy atom. The van der Waals surface area contributed by atoms with Gasteiger partial charge in [0.15, 0.2) is 0 Å². The molecule has 1 aliphatic heterocycles. The Balaban J connectivity index is 2.11. The average molecular weight is 207 g/mol. The summed E-state index contributed by atoms with van der Waals surface area (Å²) in [5.41, 5.74) is 0.999. The van der Waals surface area contributed by atoms with Gasteiger partial charge in [0.25, 0.3) is 0 Å². The molecule has 0 unspecified atom stereocenters. The van der Waals surface area contributed by atoms with Gasteiger partial charge in [-0.3, -0.25) is 4.79 Å². The zero-order valence-corrected chi connectivity index (χ0v) is 8.74. The average Bonchev–Trinajstić information content (AvgIpc) is 2.66. The first-order chi connectivity index (χ1) is 7.16. The highest BCUT2D eigenvalue weighted by Gasteiger charge is 2.25. The fourth-order valence-electron chi connectivity index (χ4n) is 2.08. The van der Waals surface area contributed by atoms with Crippen molar-refractivity contribution in [3.8, 4) is 0 Å². The fraction of sp³-hybridized carbons (Fsp3) is 0.417. The van der Waals surface area contributed by atoms with E-state index in [1.54, 1.807) is 19.1 Å². The Bertz CT molecular complexity index is 378. The van der Waals surface area contributed by atoms with E-state index in [0.717, 1.165) is 25.1 Å². The first-order valence-electron chi connectivity index (χ1n) is 5.18. The Morgan fingerprint density at radius 2 is 2.33 bits per heavy atom. The summed E-state index contributed by atoms with van der Waals surface area (Å²) in [5, 5.41) is 0. The van der Waals surface area contributed by atoms with Crippen molar-refractivity contribution in [3.05, 3.63) is 35.6 Å². The largest absolute Gasteiger partial charge is 0.342 e. The van der Waals surface area contributed by atoms with Crippen LogP contribution >= 0.6 is 0 Å². The number of rotatable bonds is 1. The number of amides is 1. The normalized spacial score (nSPS) is 20.7. The Kier molecular flexibility index (Phi) is 2.71. The van der Waals surface area contributed by atoms with Crippen molar-refractivity contribution in [2.75, 3.05) is 13.1 Å². The monoisotopic (exact) mass is 207 g/mol. The van der Waals surface area contributed by atoms with Gasteiger partial charge < -0.3 is 4.90 Å². The molecule has 0 bridgehead atoms. The molecular formula is C12H14FNO. The van der Waals surface area contributed by atoms with Gasteiger partial charge in [0.1, 0.15) is 5.82 Å². The van der Waals surface area contributed by atoms with Crippen LogP contribution in [0.15, 0.2) is 24.3 Å². The summed E-state index contributed by atoms with van der Waals surface area (Å²) < 4.78 is 13.0. The van der Waals surface area contributed by atoms with Crippen LogP contribution in [0.4, 0.5) is 4.39 Å². The quantitative estimate of drug-likeness (QED) is 0.691. The Labute approximate surface area is 88.7 Å². The minimum absolute atomic E-state index is 0.105. The molecule has 1 aromatic rings. The van der Waals surface area contributed by atoms with Gasteiger partial charge in [-0.05, 0) is 24.1 Å². The zero-order chi connectivity index (χ0) is 10.8. The maximum Gasteiger partial charge on any atom is 0.219 e. The van der Waals surface area contributed by atoms with E-state index in [0.29, 0.717) is 5.92 Å². The second kappa shape index (κ2) is 4.01. The molecule has 0 N–H and O–H groups in total. The number of nitrogens with zero attached hydrogens (tertiary/aromatic N) is 1. The van der Waals surface area contributed by atoms with Crippen LogP contribution in [0.5, 0.6) is 0 Å². The molecule has 1 fully saturated rings. The maximum atomic E-state index is 13.0. The lowest BCUT2D eigenvalue weighted by Gasteiger charge is -2.14. The Hall–Kier alpha value is -1.38. The van der Waals surface area contributed by atoms with Crippen molar-refractivity contribution in [1.82, 2.24) is 4.90 Å². The highest BCUT2D eigenvalue weighted by molar-refractivity contribution is 5.73. The summed E-state index contributed by atoms with van der Waals surface area (Å²) in [7, 11) is 0. The predicted octanol–water partition coefficient (Wildman–Crippen LogP) is 2.16. The summed E-state index contributed by atoms with van der Waals surface area (Å²) in [6, 6.07) is 6.66. The summed E-state index contributed by atoms with van der Waals surface area (Å²) in [6.07, 6.45) is 0.934. The molecule has 1 saturated heterocycles. The van der Waals surface area contributed by atoms with Gasteiger partial charge in [0.2, 0.25) is 5.91 Å². The van der Waals surface area contributed by atoms with Crippen LogP contribution in [0.2, 0.25) is 0 Å². The number of benzene rings is 1. The molecule has 15 heavy (non-hydrogen) atoms. The van der Waals surface area contributed by atoms with Crippen LogP contribution in [-0.2, 0) is 4.79 Å². The molecule has 1 aliphatic rings. The number of hydrogen-bond acceptors (Lipinski definition) is 1. The SMILES string of the molecule is CC(=O)N1CC[C@H](c2cccc(F)c2)C1.